The molecule has 0 aliphatic rings. The summed E-state index contributed by atoms with van der Waals surface area (Å²) in [7, 11) is 0. The number of H-pyrrole nitrogens is 2. The van der Waals surface area contributed by atoms with E-state index in [1.54, 1.807) is 16.7 Å². The van der Waals surface area contributed by atoms with Crippen LogP contribution in [0.4, 0.5) is 0 Å². The highest BCUT2D eigenvalue weighted by Crippen LogP contribution is 2.28. The van der Waals surface area contributed by atoms with Gasteiger partial charge in [-0.25, -0.2) is 4.98 Å². The number of hydrogen-bond acceptors (Lipinski definition) is 4. The second kappa shape index (κ2) is 7.87. The lowest BCUT2D eigenvalue weighted by Gasteiger charge is -2.09. The van der Waals surface area contributed by atoms with Crippen LogP contribution >= 0.6 is 35.0 Å². The fourth-order valence-electron chi connectivity index (χ4n) is 2.85. The Morgan fingerprint density at radius 1 is 0.929 bits per heavy atom. The van der Waals surface area contributed by atoms with Gasteiger partial charge in [0.25, 0.3) is 11.1 Å². The van der Waals surface area contributed by atoms with Crippen molar-refractivity contribution in [1.29, 1.82) is 0 Å². The molecule has 0 spiro atoms. The maximum Gasteiger partial charge on any atom is 0.290 e. The zero-order valence-electron chi connectivity index (χ0n) is 14.4. The Bertz CT molecular complexity index is 1260. The van der Waals surface area contributed by atoms with E-state index < -0.39 is 5.56 Å². The molecule has 0 saturated carbocycles. The molecule has 0 amide bonds. The molecule has 0 radical (unpaired) electrons. The Balaban J connectivity index is 1.76. The Kier molecular flexibility index (Phi) is 5.30. The molecule has 2 heterocycles. The van der Waals surface area contributed by atoms with Crippen LogP contribution in [-0.4, -0.2) is 19.7 Å². The number of benzene rings is 2. The molecule has 0 bridgehead atoms. The number of imidazole rings is 1. The van der Waals surface area contributed by atoms with Gasteiger partial charge in [-0.1, -0.05) is 71.4 Å². The van der Waals surface area contributed by atoms with Crippen LogP contribution in [0.3, 0.4) is 0 Å². The van der Waals surface area contributed by atoms with Gasteiger partial charge < -0.3 is 4.57 Å². The maximum atomic E-state index is 12.4. The Hall–Kier alpha value is -2.48. The number of aromatic nitrogens is 4. The molecular formula is C19H14Cl2N4O2S. The second-order valence-electron chi connectivity index (χ2n) is 6.11. The van der Waals surface area contributed by atoms with Crippen molar-refractivity contribution in [3.05, 3.63) is 90.4 Å². The van der Waals surface area contributed by atoms with Crippen molar-refractivity contribution in [2.75, 3.05) is 0 Å². The minimum absolute atomic E-state index is 0.122. The predicted octanol–water partition coefficient (Wildman–Crippen LogP) is 4.06. The zero-order chi connectivity index (χ0) is 19.7. The van der Waals surface area contributed by atoms with Crippen molar-refractivity contribution >= 4 is 46.0 Å². The smallest absolute Gasteiger partial charge is 0.290 e. The lowest BCUT2D eigenvalue weighted by atomic mass is 10.2. The van der Waals surface area contributed by atoms with E-state index in [9.17, 15) is 9.59 Å². The molecule has 2 N–H and O–H groups in total. The molecule has 2 aromatic carbocycles. The van der Waals surface area contributed by atoms with Gasteiger partial charge in [0.1, 0.15) is 5.52 Å². The van der Waals surface area contributed by atoms with Gasteiger partial charge in [0.05, 0.1) is 16.6 Å². The summed E-state index contributed by atoms with van der Waals surface area (Å²) in [6.45, 7) is 0.424. The van der Waals surface area contributed by atoms with E-state index in [2.05, 4.69) is 15.2 Å². The SMILES string of the molecule is O=c1[nH][nH]c(=O)c2c1nc(SCc1ccc(Cl)c(Cl)c1)n2Cc1ccccc1. The molecule has 0 saturated heterocycles. The molecule has 6 nitrogen and oxygen atoms in total. The first-order valence-electron chi connectivity index (χ1n) is 8.35. The van der Waals surface area contributed by atoms with E-state index in [0.717, 1.165) is 11.1 Å². The van der Waals surface area contributed by atoms with E-state index in [1.165, 1.54) is 11.8 Å². The van der Waals surface area contributed by atoms with Gasteiger partial charge in [0.2, 0.25) is 0 Å². The summed E-state index contributed by atoms with van der Waals surface area (Å²) in [4.78, 5) is 29.0. The molecule has 2 aromatic heterocycles. The van der Waals surface area contributed by atoms with Crippen LogP contribution < -0.4 is 11.1 Å². The summed E-state index contributed by atoms with van der Waals surface area (Å²) >= 11 is 13.5. The van der Waals surface area contributed by atoms with Crippen molar-refractivity contribution in [3.8, 4) is 0 Å². The largest absolute Gasteiger partial charge is 0.310 e. The van der Waals surface area contributed by atoms with Crippen LogP contribution in [0, 0.1) is 0 Å². The Morgan fingerprint density at radius 3 is 2.43 bits per heavy atom. The number of hydrogen-bond donors (Lipinski definition) is 2. The average Bonchev–Trinajstić information content (AvgIpc) is 3.06. The Labute approximate surface area is 173 Å². The third-order valence-electron chi connectivity index (χ3n) is 4.19. The van der Waals surface area contributed by atoms with Crippen LogP contribution in [0.1, 0.15) is 11.1 Å². The summed E-state index contributed by atoms with van der Waals surface area (Å²) in [5, 5.41) is 6.24. The number of nitrogens with zero attached hydrogens (tertiary/aromatic N) is 2. The van der Waals surface area contributed by atoms with Crippen molar-refractivity contribution in [3.63, 3.8) is 0 Å². The van der Waals surface area contributed by atoms with Crippen LogP contribution in [-0.2, 0) is 12.3 Å². The monoisotopic (exact) mass is 432 g/mol. The molecule has 9 heteroatoms. The fourth-order valence-corrected chi connectivity index (χ4v) is 4.12. The minimum Gasteiger partial charge on any atom is -0.310 e. The highest BCUT2D eigenvalue weighted by Gasteiger charge is 2.17. The van der Waals surface area contributed by atoms with Crippen LogP contribution in [0.25, 0.3) is 11.0 Å². The van der Waals surface area contributed by atoms with E-state index in [-0.39, 0.29) is 16.6 Å². The first-order chi connectivity index (χ1) is 13.5. The summed E-state index contributed by atoms with van der Waals surface area (Å²) < 4.78 is 1.76. The van der Waals surface area contributed by atoms with Crippen LogP contribution in [0.5, 0.6) is 0 Å². The van der Waals surface area contributed by atoms with Crippen molar-refractivity contribution < 1.29 is 0 Å². The van der Waals surface area contributed by atoms with Crippen molar-refractivity contribution in [2.24, 2.45) is 0 Å². The van der Waals surface area contributed by atoms with Crippen LogP contribution in [0.2, 0.25) is 10.0 Å². The maximum absolute atomic E-state index is 12.4. The number of fused-ring (bicyclic) bond motifs is 1. The highest BCUT2D eigenvalue weighted by molar-refractivity contribution is 7.98. The lowest BCUT2D eigenvalue weighted by molar-refractivity contribution is 0.727. The molecule has 0 aliphatic heterocycles. The molecular weight excluding hydrogens is 419 g/mol. The van der Waals surface area contributed by atoms with Gasteiger partial charge in [0, 0.05) is 5.75 Å². The molecule has 4 aromatic rings. The molecule has 28 heavy (non-hydrogen) atoms. The topological polar surface area (TPSA) is 83.5 Å². The van der Waals surface area contributed by atoms with Crippen LogP contribution in [0.15, 0.2) is 63.3 Å². The van der Waals surface area contributed by atoms with Gasteiger partial charge in [-0.05, 0) is 23.3 Å². The number of nitrogens with one attached hydrogen (secondary N) is 2. The number of halogens is 2. The van der Waals surface area contributed by atoms with Gasteiger partial charge >= 0.3 is 0 Å². The summed E-state index contributed by atoms with van der Waals surface area (Å²) in [6.07, 6.45) is 0. The predicted molar refractivity (Wildman–Crippen MR) is 113 cm³/mol. The normalized spacial score (nSPS) is 11.2. The quantitative estimate of drug-likeness (QED) is 0.465. The lowest BCUT2D eigenvalue weighted by Crippen LogP contribution is -2.20. The second-order valence-corrected chi connectivity index (χ2v) is 7.87. The standard InChI is InChI=1S/C19H14Cl2N4O2S/c20-13-7-6-12(8-14(13)21)10-28-19-22-15-16(18(27)24-23-17(15)26)25(19)9-11-4-2-1-3-5-11/h1-8H,9-10H2,(H,23,26)(H,24,27). The van der Waals surface area contributed by atoms with Crippen molar-refractivity contribution in [1.82, 2.24) is 19.7 Å². The molecule has 4 rings (SSSR count). The molecule has 0 unspecified atom stereocenters. The fraction of sp³-hybridized carbons (Fsp3) is 0.105. The Morgan fingerprint density at radius 2 is 1.68 bits per heavy atom. The molecule has 142 valence electrons. The zero-order valence-corrected chi connectivity index (χ0v) is 16.7. The first kappa shape index (κ1) is 18.9. The molecule has 0 fully saturated rings. The van der Waals surface area contributed by atoms with Gasteiger partial charge in [-0.2, -0.15) is 0 Å². The van der Waals surface area contributed by atoms with Gasteiger partial charge in [-0.3, -0.25) is 19.8 Å². The summed E-state index contributed by atoms with van der Waals surface area (Å²) in [5.74, 6) is 0.560. The van der Waals surface area contributed by atoms with E-state index in [0.29, 0.717) is 27.5 Å². The third kappa shape index (κ3) is 3.73. The van der Waals surface area contributed by atoms with Gasteiger partial charge in [-0.15, -0.1) is 0 Å². The number of thioether (sulfide) groups is 1. The van der Waals surface area contributed by atoms with Gasteiger partial charge in [0.15, 0.2) is 10.7 Å². The molecule has 0 atom stereocenters. The average molecular weight is 433 g/mol. The number of aromatic amines is 2. The van der Waals surface area contributed by atoms with E-state index in [4.69, 9.17) is 23.2 Å². The van der Waals surface area contributed by atoms with E-state index in [1.807, 2.05) is 36.4 Å². The molecule has 0 aliphatic carbocycles. The highest BCUT2D eigenvalue weighted by atomic mass is 35.5. The number of rotatable bonds is 5. The summed E-state index contributed by atoms with van der Waals surface area (Å²) in [6, 6.07) is 15.1. The first-order valence-corrected chi connectivity index (χ1v) is 10.1. The van der Waals surface area contributed by atoms with Crippen molar-refractivity contribution in [2.45, 2.75) is 17.5 Å². The third-order valence-corrected chi connectivity index (χ3v) is 5.97. The summed E-state index contributed by atoms with van der Waals surface area (Å²) in [5.41, 5.74) is 1.51. The van der Waals surface area contributed by atoms with E-state index >= 15 is 0 Å². The minimum atomic E-state index is -0.433.